The topological polar surface area (TPSA) is 55.6 Å². The predicted octanol–water partition coefficient (Wildman–Crippen LogP) is 1.53. The van der Waals surface area contributed by atoms with E-state index in [1.165, 1.54) is 0 Å². The first-order valence-electron chi connectivity index (χ1n) is 7.22. The van der Waals surface area contributed by atoms with Gasteiger partial charge in [0.2, 0.25) is 5.91 Å². The summed E-state index contributed by atoms with van der Waals surface area (Å²) in [5, 5.41) is 0. The van der Waals surface area contributed by atoms with Crippen LogP contribution in [-0.2, 0) is 9.53 Å². The van der Waals surface area contributed by atoms with Gasteiger partial charge in [0.25, 0.3) is 0 Å². The van der Waals surface area contributed by atoms with Crippen molar-refractivity contribution >= 4 is 5.91 Å². The molecule has 2 aliphatic rings. The van der Waals surface area contributed by atoms with Gasteiger partial charge >= 0.3 is 0 Å². The van der Waals surface area contributed by atoms with E-state index >= 15 is 0 Å². The number of nitrogens with zero attached hydrogens (tertiary/aromatic N) is 1. The number of hydrogen-bond acceptors (Lipinski definition) is 3. The van der Waals surface area contributed by atoms with E-state index in [-0.39, 0.29) is 5.91 Å². The SMILES string of the molecule is CCCC(C)(N)C(=O)N(CC1CCOC1)C1CC1. The summed E-state index contributed by atoms with van der Waals surface area (Å²) in [5.41, 5.74) is 5.49. The highest BCUT2D eigenvalue weighted by Crippen LogP contribution is 2.31. The van der Waals surface area contributed by atoms with Crippen LogP contribution in [0.4, 0.5) is 0 Å². The summed E-state index contributed by atoms with van der Waals surface area (Å²) in [6.45, 7) is 6.42. The Bertz CT molecular complexity index is 294. The number of carbonyl (C=O) groups excluding carboxylic acids is 1. The summed E-state index contributed by atoms with van der Waals surface area (Å²) in [4.78, 5) is 14.6. The van der Waals surface area contributed by atoms with Crippen molar-refractivity contribution in [2.45, 2.75) is 57.5 Å². The lowest BCUT2D eigenvalue weighted by molar-refractivity contribution is -0.138. The van der Waals surface area contributed by atoms with E-state index in [1.807, 2.05) is 11.8 Å². The zero-order chi connectivity index (χ0) is 13.2. The van der Waals surface area contributed by atoms with E-state index in [9.17, 15) is 4.79 Å². The maximum Gasteiger partial charge on any atom is 0.242 e. The highest BCUT2D eigenvalue weighted by molar-refractivity contribution is 5.86. The number of nitrogens with two attached hydrogens (primary N) is 1. The standard InChI is InChI=1S/C14H26N2O2/c1-3-7-14(2,15)13(17)16(12-4-5-12)9-11-6-8-18-10-11/h11-12H,3-10,15H2,1-2H3. The van der Waals surface area contributed by atoms with Crippen molar-refractivity contribution in [3.8, 4) is 0 Å². The second kappa shape index (κ2) is 5.57. The van der Waals surface area contributed by atoms with Crippen LogP contribution in [0, 0.1) is 5.92 Å². The van der Waals surface area contributed by atoms with Gasteiger partial charge in [0, 0.05) is 25.1 Å². The van der Waals surface area contributed by atoms with Crippen molar-refractivity contribution in [1.82, 2.24) is 4.90 Å². The van der Waals surface area contributed by atoms with Crippen LogP contribution in [0.2, 0.25) is 0 Å². The monoisotopic (exact) mass is 254 g/mol. The first-order chi connectivity index (χ1) is 8.54. The predicted molar refractivity (Wildman–Crippen MR) is 71.2 cm³/mol. The van der Waals surface area contributed by atoms with E-state index in [0.29, 0.717) is 12.0 Å². The van der Waals surface area contributed by atoms with Crippen molar-refractivity contribution < 1.29 is 9.53 Å². The molecular formula is C14H26N2O2. The van der Waals surface area contributed by atoms with Gasteiger partial charge in [-0.2, -0.15) is 0 Å². The molecule has 0 aromatic carbocycles. The molecule has 0 bridgehead atoms. The molecule has 1 saturated heterocycles. The number of ether oxygens (including phenoxy) is 1. The molecule has 4 nitrogen and oxygen atoms in total. The first-order valence-corrected chi connectivity index (χ1v) is 7.22. The number of amides is 1. The average molecular weight is 254 g/mol. The Kier molecular flexibility index (Phi) is 4.28. The van der Waals surface area contributed by atoms with Crippen LogP contribution in [0.5, 0.6) is 0 Å². The first kappa shape index (κ1) is 13.8. The van der Waals surface area contributed by atoms with E-state index < -0.39 is 5.54 Å². The quantitative estimate of drug-likeness (QED) is 0.782. The molecule has 1 saturated carbocycles. The molecule has 104 valence electrons. The molecule has 1 aliphatic carbocycles. The number of carbonyl (C=O) groups is 1. The largest absolute Gasteiger partial charge is 0.381 e. The van der Waals surface area contributed by atoms with E-state index in [2.05, 4.69) is 6.92 Å². The minimum Gasteiger partial charge on any atom is -0.381 e. The smallest absolute Gasteiger partial charge is 0.242 e. The molecule has 0 aromatic rings. The second-order valence-corrected chi connectivity index (χ2v) is 6.09. The summed E-state index contributed by atoms with van der Waals surface area (Å²) in [6, 6.07) is 0.442. The van der Waals surface area contributed by atoms with Gasteiger partial charge < -0.3 is 15.4 Å². The van der Waals surface area contributed by atoms with Crippen LogP contribution in [-0.4, -0.2) is 42.1 Å². The number of hydrogen-bond donors (Lipinski definition) is 1. The van der Waals surface area contributed by atoms with Gasteiger partial charge in [0.15, 0.2) is 0 Å². The van der Waals surface area contributed by atoms with Crippen LogP contribution < -0.4 is 5.73 Å². The zero-order valence-electron chi connectivity index (χ0n) is 11.7. The van der Waals surface area contributed by atoms with Crippen molar-refractivity contribution in [2.24, 2.45) is 11.7 Å². The normalized spacial score (nSPS) is 26.9. The molecular weight excluding hydrogens is 228 g/mol. The van der Waals surface area contributed by atoms with Gasteiger partial charge in [-0.25, -0.2) is 0 Å². The van der Waals surface area contributed by atoms with Crippen LogP contribution in [0.25, 0.3) is 0 Å². The maximum absolute atomic E-state index is 12.6. The minimum atomic E-state index is -0.698. The van der Waals surface area contributed by atoms with Crippen molar-refractivity contribution in [1.29, 1.82) is 0 Å². The molecule has 2 fully saturated rings. The van der Waals surface area contributed by atoms with Crippen LogP contribution >= 0.6 is 0 Å². The third kappa shape index (κ3) is 3.23. The number of rotatable bonds is 6. The Balaban J connectivity index is 1.97. The minimum absolute atomic E-state index is 0.138. The van der Waals surface area contributed by atoms with Crippen molar-refractivity contribution in [2.75, 3.05) is 19.8 Å². The van der Waals surface area contributed by atoms with E-state index in [1.54, 1.807) is 0 Å². The van der Waals surface area contributed by atoms with Gasteiger partial charge in [-0.05, 0) is 32.6 Å². The summed E-state index contributed by atoms with van der Waals surface area (Å²) in [5.74, 6) is 0.644. The fraction of sp³-hybridized carbons (Fsp3) is 0.929. The average Bonchev–Trinajstić information content (AvgIpc) is 3.03. The third-order valence-corrected chi connectivity index (χ3v) is 3.99. The molecule has 0 spiro atoms. The zero-order valence-corrected chi connectivity index (χ0v) is 11.7. The molecule has 2 unspecified atom stereocenters. The lowest BCUT2D eigenvalue weighted by atomic mass is 9.95. The summed E-state index contributed by atoms with van der Waals surface area (Å²) in [6.07, 6.45) is 5.06. The Morgan fingerprint density at radius 2 is 2.17 bits per heavy atom. The highest BCUT2D eigenvalue weighted by atomic mass is 16.5. The molecule has 2 rings (SSSR count). The molecule has 0 aromatic heterocycles. The van der Waals surface area contributed by atoms with E-state index in [0.717, 1.165) is 51.9 Å². The van der Waals surface area contributed by atoms with Gasteiger partial charge in [0.05, 0.1) is 12.1 Å². The third-order valence-electron chi connectivity index (χ3n) is 3.99. The Labute approximate surface area is 110 Å². The Morgan fingerprint density at radius 1 is 1.44 bits per heavy atom. The van der Waals surface area contributed by atoms with Gasteiger partial charge in [0.1, 0.15) is 0 Å². The summed E-state index contributed by atoms with van der Waals surface area (Å²) in [7, 11) is 0. The van der Waals surface area contributed by atoms with E-state index in [4.69, 9.17) is 10.5 Å². The fourth-order valence-electron chi connectivity index (χ4n) is 2.74. The van der Waals surface area contributed by atoms with Crippen molar-refractivity contribution in [3.05, 3.63) is 0 Å². The fourth-order valence-corrected chi connectivity index (χ4v) is 2.74. The molecule has 2 N–H and O–H groups in total. The lowest BCUT2D eigenvalue weighted by Gasteiger charge is -2.33. The summed E-state index contributed by atoms with van der Waals surface area (Å²) >= 11 is 0. The summed E-state index contributed by atoms with van der Waals surface area (Å²) < 4.78 is 5.40. The lowest BCUT2D eigenvalue weighted by Crippen LogP contribution is -2.55. The van der Waals surface area contributed by atoms with Crippen LogP contribution in [0.15, 0.2) is 0 Å². The van der Waals surface area contributed by atoms with Gasteiger partial charge in [-0.3, -0.25) is 4.79 Å². The molecule has 1 aliphatic heterocycles. The Hall–Kier alpha value is -0.610. The molecule has 0 radical (unpaired) electrons. The molecule has 1 amide bonds. The molecule has 2 atom stereocenters. The second-order valence-electron chi connectivity index (χ2n) is 6.09. The highest BCUT2D eigenvalue weighted by Gasteiger charge is 2.40. The Morgan fingerprint density at radius 3 is 2.67 bits per heavy atom. The molecule has 18 heavy (non-hydrogen) atoms. The maximum atomic E-state index is 12.6. The van der Waals surface area contributed by atoms with Gasteiger partial charge in [-0.15, -0.1) is 0 Å². The van der Waals surface area contributed by atoms with Crippen molar-refractivity contribution in [3.63, 3.8) is 0 Å². The van der Waals surface area contributed by atoms with Crippen LogP contribution in [0.3, 0.4) is 0 Å². The molecule has 4 heteroatoms. The molecule has 1 heterocycles. The van der Waals surface area contributed by atoms with Crippen LogP contribution in [0.1, 0.15) is 46.0 Å². The van der Waals surface area contributed by atoms with Gasteiger partial charge in [-0.1, -0.05) is 13.3 Å².